The van der Waals surface area contributed by atoms with E-state index in [1.54, 1.807) is 13.2 Å². The third kappa shape index (κ3) is 3.64. The second-order valence-electron chi connectivity index (χ2n) is 5.37. The van der Waals surface area contributed by atoms with Crippen molar-refractivity contribution < 1.29 is 9.84 Å². The third-order valence-electron chi connectivity index (χ3n) is 4.02. The maximum Gasteiger partial charge on any atom is 0.120 e. The predicted molar refractivity (Wildman–Crippen MR) is 81.4 cm³/mol. The number of hydrogen-bond donors (Lipinski definition) is 2. The van der Waals surface area contributed by atoms with Crippen molar-refractivity contribution in [2.24, 2.45) is 0 Å². The molecular formula is C16H26N2O2. The molecular weight excluding hydrogens is 252 g/mol. The maximum absolute atomic E-state index is 10.2. The molecule has 1 saturated heterocycles. The summed E-state index contributed by atoms with van der Waals surface area (Å²) in [5.74, 6) is 1.19. The van der Waals surface area contributed by atoms with Crippen LogP contribution in [0.4, 0.5) is 0 Å². The highest BCUT2D eigenvalue weighted by atomic mass is 16.5. The van der Waals surface area contributed by atoms with Crippen molar-refractivity contribution >= 4 is 0 Å². The highest BCUT2D eigenvalue weighted by Gasteiger charge is 2.24. The van der Waals surface area contributed by atoms with Crippen LogP contribution in [0.5, 0.6) is 11.5 Å². The summed E-state index contributed by atoms with van der Waals surface area (Å²) in [6, 6.07) is 5.83. The number of phenolic OH excluding ortho intramolecular Hbond substituents is 1. The Bertz CT molecular complexity index is 417. The van der Waals surface area contributed by atoms with Gasteiger partial charge in [-0.1, -0.05) is 19.8 Å². The van der Waals surface area contributed by atoms with E-state index in [1.165, 1.54) is 12.8 Å². The number of aromatic hydroxyl groups is 1. The van der Waals surface area contributed by atoms with Crippen molar-refractivity contribution in [3.8, 4) is 11.5 Å². The first kappa shape index (κ1) is 15.1. The van der Waals surface area contributed by atoms with E-state index in [-0.39, 0.29) is 6.04 Å². The van der Waals surface area contributed by atoms with Crippen molar-refractivity contribution in [2.75, 3.05) is 33.3 Å². The first-order chi connectivity index (χ1) is 9.76. The molecule has 1 fully saturated rings. The van der Waals surface area contributed by atoms with Crippen LogP contribution in [0.2, 0.25) is 0 Å². The molecule has 0 bridgehead atoms. The Morgan fingerprint density at radius 3 is 2.75 bits per heavy atom. The monoisotopic (exact) mass is 278 g/mol. The molecule has 112 valence electrons. The lowest BCUT2D eigenvalue weighted by Gasteiger charge is -2.35. The Balaban J connectivity index is 2.24. The summed E-state index contributed by atoms with van der Waals surface area (Å²) in [5.41, 5.74) is 1.000. The summed E-state index contributed by atoms with van der Waals surface area (Å²) in [6.45, 7) is 6.32. The number of ether oxygens (including phenoxy) is 1. The van der Waals surface area contributed by atoms with Crippen LogP contribution in [0.1, 0.15) is 37.8 Å². The molecule has 4 heteroatoms. The van der Waals surface area contributed by atoms with Gasteiger partial charge in [-0.15, -0.1) is 0 Å². The van der Waals surface area contributed by atoms with Gasteiger partial charge in [0.2, 0.25) is 0 Å². The van der Waals surface area contributed by atoms with E-state index in [0.717, 1.165) is 43.9 Å². The van der Waals surface area contributed by atoms with Crippen LogP contribution in [-0.4, -0.2) is 43.3 Å². The van der Waals surface area contributed by atoms with Gasteiger partial charge in [-0.2, -0.15) is 0 Å². The lowest BCUT2D eigenvalue weighted by molar-refractivity contribution is 0.160. The average molecular weight is 278 g/mol. The van der Waals surface area contributed by atoms with Gasteiger partial charge in [0, 0.05) is 37.8 Å². The molecule has 0 amide bonds. The van der Waals surface area contributed by atoms with Crippen LogP contribution in [0.25, 0.3) is 0 Å². The van der Waals surface area contributed by atoms with Gasteiger partial charge in [0.15, 0.2) is 0 Å². The van der Waals surface area contributed by atoms with Gasteiger partial charge in [0.05, 0.1) is 7.11 Å². The van der Waals surface area contributed by atoms with Crippen molar-refractivity contribution in [1.29, 1.82) is 0 Å². The average Bonchev–Trinajstić information content (AvgIpc) is 2.50. The van der Waals surface area contributed by atoms with Crippen molar-refractivity contribution in [1.82, 2.24) is 10.2 Å². The van der Waals surface area contributed by atoms with E-state index in [0.29, 0.717) is 5.75 Å². The lowest BCUT2D eigenvalue weighted by Crippen LogP contribution is -2.45. The van der Waals surface area contributed by atoms with Gasteiger partial charge in [0.25, 0.3) is 0 Å². The number of hydrogen-bond acceptors (Lipinski definition) is 4. The summed E-state index contributed by atoms with van der Waals surface area (Å²) >= 11 is 0. The Morgan fingerprint density at radius 2 is 2.10 bits per heavy atom. The van der Waals surface area contributed by atoms with Gasteiger partial charge in [-0.05, 0) is 24.6 Å². The minimum Gasteiger partial charge on any atom is -0.508 e. The van der Waals surface area contributed by atoms with Crippen LogP contribution >= 0.6 is 0 Å². The maximum atomic E-state index is 10.2. The minimum atomic E-state index is 0.284. The molecule has 1 aliphatic rings. The zero-order valence-electron chi connectivity index (χ0n) is 12.6. The van der Waals surface area contributed by atoms with E-state index in [2.05, 4.69) is 17.1 Å². The van der Waals surface area contributed by atoms with Crippen LogP contribution in [0, 0.1) is 0 Å². The first-order valence-electron chi connectivity index (χ1n) is 7.58. The molecule has 4 nitrogen and oxygen atoms in total. The zero-order valence-corrected chi connectivity index (χ0v) is 12.6. The fourth-order valence-corrected chi connectivity index (χ4v) is 2.85. The van der Waals surface area contributed by atoms with Crippen LogP contribution in [0.15, 0.2) is 18.2 Å². The number of nitrogens with one attached hydrogen (secondary N) is 1. The Morgan fingerprint density at radius 1 is 1.35 bits per heavy atom. The van der Waals surface area contributed by atoms with E-state index in [4.69, 9.17) is 4.74 Å². The molecule has 0 spiro atoms. The molecule has 0 saturated carbocycles. The van der Waals surface area contributed by atoms with E-state index in [1.807, 2.05) is 12.1 Å². The van der Waals surface area contributed by atoms with Crippen LogP contribution in [-0.2, 0) is 0 Å². The van der Waals surface area contributed by atoms with E-state index in [9.17, 15) is 5.11 Å². The van der Waals surface area contributed by atoms with Gasteiger partial charge in [-0.25, -0.2) is 0 Å². The third-order valence-corrected chi connectivity index (χ3v) is 4.02. The Labute approximate surface area is 121 Å². The van der Waals surface area contributed by atoms with Crippen molar-refractivity contribution in [2.45, 2.75) is 32.2 Å². The number of benzene rings is 1. The highest BCUT2D eigenvalue weighted by Crippen LogP contribution is 2.35. The molecule has 0 radical (unpaired) electrons. The number of methoxy groups -OCH3 is 1. The molecule has 1 atom stereocenters. The molecule has 2 rings (SSSR count). The number of nitrogens with zero attached hydrogens (tertiary/aromatic N) is 1. The standard InChI is InChI=1S/C16H26N2O2/c1-3-4-5-15(18-10-8-17-9-11-18)14-12-13(20-2)6-7-16(14)19/h6-7,12,15,17,19H,3-5,8-11H2,1-2H3/t15-/m0/s1. The summed E-state index contributed by atoms with van der Waals surface area (Å²) in [5, 5.41) is 13.6. The van der Waals surface area contributed by atoms with E-state index < -0.39 is 0 Å². The number of unbranched alkanes of at least 4 members (excludes halogenated alkanes) is 1. The topological polar surface area (TPSA) is 44.7 Å². The van der Waals surface area contributed by atoms with Crippen molar-refractivity contribution in [3.05, 3.63) is 23.8 Å². The van der Waals surface area contributed by atoms with Gasteiger partial charge < -0.3 is 15.2 Å². The summed E-state index contributed by atoms with van der Waals surface area (Å²) in [4.78, 5) is 2.47. The summed E-state index contributed by atoms with van der Waals surface area (Å²) in [6.07, 6.45) is 3.43. The number of rotatable bonds is 6. The smallest absolute Gasteiger partial charge is 0.120 e. The molecule has 0 aliphatic carbocycles. The number of piperazine rings is 1. The molecule has 1 aromatic rings. The summed E-state index contributed by atoms with van der Waals surface area (Å²) in [7, 11) is 1.67. The van der Waals surface area contributed by atoms with Gasteiger partial charge in [0.1, 0.15) is 11.5 Å². The fourth-order valence-electron chi connectivity index (χ4n) is 2.85. The Kier molecular flexibility index (Phi) is 5.68. The molecule has 2 N–H and O–H groups in total. The van der Waals surface area contributed by atoms with Crippen LogP contribution < -0.4 is 10.1 Å². The predicted octanol–water partition coefficient (Wildman–Crippen LogP) is 2.54. The van der Waals surface area contributed by atoms with Crippen molar-refractivity contribution in [3.63, 3.8) is 0 Å². The van der Waals surface area contributed by atoms with Gasteiger partial charge in [-0.3, -0.25) is 4.90 Å². The molecule has 1 aliphatic heterocycles. The molecule has 1 heterocycles. The fraction of sp³-hybridized carbons (Fsp3) is 0.625. The zero-order chi connectivity index (χ0) is 14.4. The van der Waals surface area contributed by atoms with Crippen LogP contribution in [0.3, 0.4) is 0 Å². The van der Waals surface area contributed by atoms with E-state index >= 15 is 0 Å². The normalized spacial score (nSPS) is 17.9. The summed E-state index contributed by atoms with van der Waals surface area (Å²) < 4.78 is 5.31. The molecule has 0 unspecified atom stereocenters. The highest BCUT2D eigenvalue weighted by molar-refractivity contribution is 5.41. The Hall–Kier alpha value is -1.26. The molecule has 20 heavy (non-hydrogen) atoms. The largest absolute Gasteiger partial charge is 0.508 e. The molecule has 1 aromatic carbocycles. The molecule has 0 aromatic heterocycles. The van der Waals surface area contributed by atoms with Gasteiger partial charge >= 0.3 is 0 Å². The minimum absolute atomic E-state index is 0.284. The second kappa shape index (κ2) is 7.50. The first-order valence-corrected chi connectivity index (χ1v) is 7.58. The quantitative estimate of drug-likeness (QED) is 0.839. The SMILES string of the molecule is CCCC[C@@H](c1cc(OC)ccc1O)N1CCNCC1. The second-order valence-corrected chi connectivity index (χ2v) is 5.37. The lowest BCUT2D eigenvalue weighted by atomic mass is 9.97. The number of phenols is 1.